The van der Waals surface area contributed by atoms with Gasteiger partial charge in [-0.1, -0.05) is 72.4 Å². The molecule has 0 aliphatic carbocycles. The van der Waals surface area contributed by atoms with Gasteiger partial charge < -0.3 is 15.0 Å². The van der Waals surface area contributed by atoms with E-state index in [0.29, 0.717) is 10.9 Å². The van der Waals surface area contributed by atoms with Gasteiger partial charge in [-0.2, -0.15) is 0 Å². The van der Waals surface area contributed by atoms with E-state index in [0.717, 1.165) is 54.5 Å². The molecule has 1 saturated heterocycles. The van der Waals surface area contributed by atoms with Crippen LogP contribution >= 0.6 is 11.8 Å². The van der Waals surface area contributed by atoms with Crippen LogP contribution in [0.3, 0.4) is 0 Å². The summed E-state index contributed by atoms with van der Waals surface area (Å²) in [5, 5.41) is 11.9. The van der Waals surface area contributed by atoms with E-state index in [1.165, 1.54) is 11.8 Å². The predicted octanol–water partition coefficient (Wildman–Crippen LogP) is 5.16. The van der Waals surface area contributed by atoms with Crippen LogP contribution < -0.4 is 10.2 Å². The SMILES string of the molecule is C[C@H](Sc1nnc(-c2ccccc2)c(-c2ccccc2)n1)C(=O)Nc1ccc(N2CCOCC2)cc1. The van der Waals surface area contributed by atoms with Gasteiger partial charge >= 0.3 is 0 Å². The number of hydrogen-bond acceptors (Lipinski definition) is 7. The van der Waals surface area contributed by atoms with E-state index in [1.807, 2.05) is 91.9 Å². The van der Waals surface area contributed by atoms with Crippen molar-refractivity contribution in [3.63, 3.8) is 0 Å². The van der Waals surface area contributed by atoms with E-state index < -0.39 is 5.25 Å². The third-order valence-electron chi connectivity index (χ3n) is 5.92. The summed E-state index contributed by atoms with van der Waals surface area (Å²) < 4.78 is 5.42. The van der Waals surface area contributed by atoms with Gasteiger partial charge in [0.1, 0.15) is 11.4 Å². The molecule has 1 aliphatic rings. The van der Waals surface area contributed by atoms with E-state index in [2.05, 4.69) is 20.4 Å². The molecule has 3 aromatic carbocycles. The van der Waals surface area contributed by atoms with Crippen molar-refractivity contribution in [2.24, 2.45) is 0 Å². The molecule has 0 spiro atoms. The van der Waals surface area contributed by atoms with Crippen LogP contribution in [-0.2, 0) is 9.53 Å². The second-order valence-electron chi connectivity index (χ2n) is 8.42. The van der Waals surface area contributed by atoms with Gasteiger partial charge in [0.2, 0.25) is 11.1 Å². The van der Waals surface area contributed by atoms with Gasteiger partial charge in [0.15, 0.2) is 0 Å². The lowest BCUT2D eigenvalue weighted by atomic mass is 10.0. The lowest BCUT2D eigenvalue weighted by Gasteiger charge is -2.28. The fourth-order valence-electron chi connectivity index (χ4n) is 3.98. The maximum Gasteiger partial charge on any atom is 0.237 e. The Morgan fingerprint density at radius 3 is 2.11 bits per heavy atom. The summed E-state index contributed by atoms with van der Waals surface area (Å²) in [6.07, 6.45) is 0. The fraction of sp³-hybridized carbons (Fsp3) is 0.214. The molecule has 1 N–H and O–H groups in total. The normalized spacial score (nSPS) is 14.3. The topological polar surface area (TPSA) is 80.2 Å². The molecule has 182 valence electrons. The molecular formula is C28H27N5O2S. The van der Waals surface area contributed by atoms with Crippen molar-refractivity contribution in [2.45, 2.75) is 17.3 Å². The van der Waals surface area contributed by atoms with Gasteiger partial charge in [0.05, 0.1) is 18.5 Å². The highest BCUT2D eigenvalue weighted by Gasteiger charge is 2.20. The Morgan fingerprint density at radius 1 is 0.861 bits per heavy atom. The number of rotatable bonds is 7. The highest BCUT2D eigenvalue weighted by molar-refractivity contribution is 8.00. The maximum absolute atomic E-state index is 12.9. The van der Waals surface area contributed by atoms with E-state index in [9.17, 15) is 4.79 Å². The first-order valence-electron chi connectivity index (χ1n) is 11.9. The van der Waals surface area contributed by atoms with Crippen molar-refractivity contribution in [1.29, 1.82) is 0 Å². The average Bonchev–Trinajstić information content (AvgIpc) is 2.95. The zero-order valence-corrected chi connectivity index (χ0v) is 20.8. The summed E-state index contributed by atoms with van der Waals surface area (Å²) in [5.41, 5.74) is 5.23. The Kier molecular flexibility index (Phi) is 7.54. The molecule has 1 aromatic heterocycles. The van der Waals surface area contributed by atoms with Crippen LogP contribution in [0, 0.1) is 0 Å². The number of amides is 1. The standard InChI is InChI=1S/C28H27N5O2S/c1-20(27(34)29-23-12-14-24(15-13-23)33-16-18-35-19-17-33)36-28-30-25(21-8-4-2-5-9-21)26(31-32-28)22-10-6-3-7-11-22/h2-15,20H,16-19H2,1H3,(H,29,34)/t20-/m0/s1. The van der Waals surface area contributed by atoms with Crippen LogP contribution in [0.5, 0.6) is 0 Å². The molecule has 36 heavy (non-hydrogen) atoms. The summed E-state index contributed by atoms with van der Waals surface area (Å²) in [4.78, 5) is 20.0. The van der Waals surface area contributed by atoms with Gasteiger partial charge in [0, 0.05) is 35.6 Å². The fourth-order valence-corrected chi connectivity index (χ4v) is 4.70. The monoisotopic (exact) mass is 497 g/mol. The van der Waals surface area contributed by atoms with Crippen molar-refractivity contribution in [3.8, 4) is 22.5 Å². The number of carbonyl (C=O) groups excluding carboxylic acids is 1. The predicted molar refractivity (Wildman–Crippen MR) is 144 cm³/mol. The highest BCUT2D eigenvalue weighted by Crippen LogP contribution is 2.31. The first-order chi connectivity index (χ1) is 17.7. The zero-order chi connectivity index (χ0) is 24.7. The van der Waals surface area contributed by atoms with Crippen LogP contribution in [-0.4, -0.2) is 52.6 Å². The molecule has 0 radical (unpaired) electrons. The molecule has 0 bridgehead atoms. The summed E-state index contributed by atoms with van der Waals surface area (Å²) >= 11 is 1.29. The summed E-state index contributed by atoms with van der Waals surface area (Å²) in [6, 6.07) is 27.7. The van der Waals surface area contributed by atoms with E-state index >= 15 is 0 Å². The third-order valence-corrected chi connectivity index (χ3v) is 6.88. The van der Waals surface area contributed by atoms with Gasteiger partial charge in [-0.05, 0) is 31.2 Å². The first kappa shape index (κ1) is 24.0. The smallest absolute Gasteiger partial charge is 0.237 e. The molecule has 1 amide bonds. The number of nitrogens with one attached hydrogen (secondary N) is 1. The average molecular weight is 498 g/mol. The van der Waals surface area contributed by atoms with E-state index in [4.69, 9.17) is 9.72 Å². The number of carbonyl (C=O) groups is 1. The Balaban J connectivity index is 1.30. The number of thioether (sulfide) groups is 1. The van der Waals surface area contributed by atoms with Crippen molar-refractivity contribution in [2.75, 3.05) is 36.5 Å². The Morgan fingerprint density at radius 2 is 1.47 bits per heavy atom. The minimum absolute atomic E-state index is 0.115. The molecule has 7 nitrogen and oxygen atoms in total. The number of hydrogen-bond donors (Lipinski definition) is 1. The van der Waals surface area contributed by atoms with E-state index in [1.54, 1.807) is 0 Å². The Hall–Kier alpha value is -3.75. The van der Waals surface area contributed by atoms with Crippen molar-refractivity contribution in [1.82, 2.24) is 15.2 Å². The summed E-state index contributed by atoms with van der Waals surface area (Å²) in [5.74, 6) is -0.115. The van der Waals surface area contributed by atoms with Crippen LogP contribution in [0.4, 0.5) is 11.4 Å². The Labute approximate surface area is 214 Å². The molecule has 1 fully saturated rings. The third kappa shape index (κ3) is 5.72. The van der Waals surface area contributed by atoms with Gasteiger partial charge in [-0.25, -0.2) is 4.98 Å². The molecular weight excluding hydrogens is 470 g/mol. The molecule has 1 aliphatic heterocycles. The number of morpholine rings is 1. The maximum atomic E-state index is 12.9. The minimum Gasteiger partial charge on any atom is -0.378 e. The number of nitrogens with zero attached hydrogens (tertiary/aromatic N) is 4. The van der Waals surface area contributed by atoms with Gasteiger partial charge in [0.25, 0.3) is 0 Å². The van der Waals surface area contributed by atoms with Gasteiger partial charge in [-0.3, -0.25) is 4.79 Å². The quantitative estimate of drug-likeness (QED) is 0.353. The molecule has 8 heteroatoms. The van der Waals surface area contributed by atoms with Crippen molar-refractivity contribution >= 4 is 29.0 Å². The minimum atomic E-state index is -0.406. The molecule has 2 heterocycles. The molecule has 5 rings (SSSR count). The van der Waals surface area contributed by atoms with Crippen molar-refractivity contribution in [3.05, 3.63) is 84.9 Å². The number of ether oxygens (including phenoxy) is 1. The second-order valence-corrected chi connectivity index (χ2v) is 9.73. The van der Waals surface area contributed by atoms with Crippen LogP contribution in [0.2, 0.25) is 0 Å². The van der Waals surface area contributed by atoms with Crippen LogP contribution in [0.25, 0.3) is 22.5 Å². The highest BCUT2D eigenvalue weighted by atomic mass is 32.2. The summed E-state index contributed by atoms with van der Waals surface area (Å²) in [7, 11) is 0. The molecule has 0 saturated carbocycles. The van der Waals surface area contributed by atoms with Crippen molar-refractivity contribution < 1.29 is 9.53 Å². The van der Waals surface area contributed by atoms with Crippen LogP contribution in [0.1, 0.15) is 6.92 Å². The van der Waals surface area contributed by atoms with E-state index in [-0.39, 0.29) is 5.91 Å². The lowest BCUT2D eigenvalue weighted by Crippen LogP contribution is -2.36. The zero-order valence-electron chi connectivity index (χ0n) is 20.0. The largest absolute Gasteiger partial charge is 0.378 e. The molecule has 1 atom stereocenters. The molecule has 4 aromatic rings. The number of anilines is 2. The van der Waals surface area contributed by atoms with Gasteiger partial charge in [-0.15, -0.1) is 10.2 Å². The lowest BCUT2D eigenvalue weighted by molar-refractivity contribution is -0.115. The van der Waals surface area contributed by atoms with Crippen LogP contribution in [0.15, 0.2) is 90.1 Å². The number of aromatic nitrogens is 3. The Bertz CT molecular complexity index is 1300. The second kappa shape index (κ2) is 11.3. The number of benzene rings is 3. The summed E-state index contributed by atoms with van der Waals surface area (Å²) in [6.45, 7) is 5.08. The molecule has 0 unspecified atom stereocenters. The first-order valence-corrected chi connectivity index (χ1v) is 12.8.